The van der Waals surface area contributed by atoms with E-state index in [2.05, 4.69) is 11.7 Å². The van der Waals surface area contributed by atoms with Crippen LogP contribution in [0.2, 0.25) is 0 Å². The summed E-state index contributed by atoms with van der Waals surface area (Å²) >= 11 is 0. The highest BCUT2D eigenvalue weighted by molar-refractivity contribution is 5.80. The molecule has 6 heteroatoms. The normalized spacial score (nSPS) is 20.4. The SMILES string of the molecule is C=CCON1C(=O)N2CC(n3cccn3)=CC1C2.CC. The summed E-state index contributed by atoms with van der Waals surface area (Å²) in [5.74, 6) is 0. The van der Waals surface area contributed by atoms with E-state index in [4.69, 9.17) is 4.84 Å². The van der Waals surface area contributed by atoms with Crippen molar-refractivity contribution in [1.29, 1.82) is 0 Å². The molecule has 2 aliphatic rings. The zero-order valence-electron chi connectivity index (χ0n) is 11.9. The van der Waals surface area contributed by atoms with E-state index in [1.807, 2.05) is 32.2 Å². The van der Waals surface area contributed by atoms with Gasteiger partial charge in [-0.05, 0) is 12.1 Å². The van der Waals surface area contributed by atoms with Gasteiger partial charge in [0, 0.05) is 18.9 Å². The number of nitrogens with zero attached hydrogens (tertiary/aromatic N) is 4. The number of carbonyl (C=O) groups is 1. The van der Waals surface area contributed by atoms with Crippen LogP contribution in [-0.2, 0) is 4.84 Å². The Morgan fingerprint density at radius 3 is 3.00 bits per heavy atom. The molecule has 2 amide bonds. The van der Waals surface area contributed by atoms with Gasteiger partial charge >= 0.3 is 6.03 Å². The molecular formula is C14H20N4O2. The van der Waals surface area contributed by atoms with Gasteiger partial charge in [0.25, 0.3) is 0 Å². The lowest BCUT2D eigenvalue weighted by Crippen LogP contribution is -2.33. The number of aromatic nitrogens is 2. The summed E-state index contributed by atoms with van der Waals surface area (Å²) < 4.78 is 1.78. The summed E-state index contributed by atoms with van der Waals surface area (Å²) in [5, 5.41) is 5.60. The summed E-state index contributed by atoms with van der Waals surface area (Å²) in [6, 6.07) is 1.71. The van der Waals surface area contributed by atoms with Gasteiger partial charge in [0.05, 0.1) is 24.9 Å². The number of carbonyl (C=O) groups excluding carboxylic acids is 1. The first-order valence-electron chi connectivity index (χ1n) is 6.82. The van der Waals surface area contributed by atoms with Gasteiger partial charge in [0.15, 0.2) is 0 Å². The molecule has 0 spiro atoms. The fraction of sp³-hybridized carbons (Fsp3) is 0.429. The molecule has 1 aromatic heterocycles. The van der Waals surface area contributed by atoms with Gasteiger partial charge in [0.1, 0.15) is 0 Å². The Morgan fingerprint density at radius 1 is 1.55 bits per heavy atom. The van der Waals surface area contributed by atoms with E-state index in [0.29, 0.717) is 19.7 Å². The third-order valence-corrected chi connectivity index (χ3v) is 3.04. The van der Waals surface area contributed by atoms with E-state index in [9.17, 15) is 4.79 Å². The molecule has 1 atom stereocenters. The van der Waals surface area contributed by atoms with Crippen molar-refractivity contribution >= 4 is 11.7 Å². The van der Waals surface area contributed by atoms with Crippen LogP contribution in [0.3, 0.4) is 0 Å². The largest absolute Gasteiger partial charge is 0.345 e. The highest BCUT2D eigenvalue weighted by Crippen LogP contribution is 2.26. The Labute approximate surface area is 118 Å². The molecule has 0 aliphatic carbocycles. The first kappa shape index (κ1) is 14.3. The van der Waals surface area contributed by atoms with E-state index >= 15 is 0 Å². The molecule has 1 aromatic rings. The Kier molecular flexibility index (Phi) is 4.57. The van der Waals surface area contributed by atoms with Crippen LogP contribution in [0.1, 0.15) is 13.8 Å². The molecule has 3 heterocycles. The topological polar surface area (TPSA) is 50.6 Å². The van der Waals surface area contributed by atoms with Gasteiger partial charge in [0.2, 0.25) is 0 Å². The van der Waals surface area contributed by atoms with Crippen LogP contribution in [0.15, 0.2) is 37.2 Å². The third-order valence-electron chi connectivity index (χ3n) is 3.04. The molecule has 1 fully saturated rings. The average molecular weight is 276 g/mol. The second-order valence-corrected chi connectivity index (χ2v) is 4.25. The number of hydrogen-bond donors (Lipinski definition) is 0. The predicted octanol–water partition coefficient (Wildman–Crippen LogP) is 1.99. The molecule has 2 aliphatic heterocycles. The molecule has 0 radical (unpaired) electrons. The summed E-state index contributed by atoms with van der Waals surface area (Å²) in [6.45, 7) is 9.14. The first-order valence-corrected chi connectivity index (χ1v) is 6.82. The summed E-state index contributed by atoms with van der Waals surface area (Å²) in [4.78, 5) is 19.2. The van der Waals surface area contributed by atoms with Crippen LogP contribution >= 0.6 is 0 Å². The molecule has 0 saturated carbocycles. The van der Waals surface area contributed by atoms with Crippen molar-refractivity contribution in [2.75, 3.05) is 19.7 Å². The molecule has 20 heavy (non-hydrogen) atoms. The van der Waals surface area contributed by atoms with Crippen molar-refractivity contribution in [3.63, 3.8) is 0 Å². The minimum atomic E-state index is -0.0970. The number of rotatable bonds is 4. The molecule has 1 unspecified atom stereocenters. The predicted molar refractivity (Wildman–Crippen MR) is 76.6 cm³/mol. The van der Waals surface area contributed by atoms with Gasteiger partial charge < -0.3 is 4.90 Å². The van der Waals surface area contributed by atoms with Crippen molar-refractivity contribution in [3.05, 3.63) is 37.2 Å². The quantitative estimate of drug-likeness (QED) is 0.790. The molecule has 0 N–H and O–H groups in total. The number of urea groups is 1. The first-order chi connectivity index (χ1) is 9.79. The average Bonchev–Trinajstić information content (AvgIpc) is 3.09. The summed E-state index contributed by atoms with van der Waals surface area (Å²) in [6.07, 6.45) is 7.25. The zero-order chi connectivity index (χ0) is 14.5. The van der Waals surface area contributed by atoms with E-state index in [0.717, 1.165) is 5.70 Å². The highest BCUT2D eigenvalue weighted by Gasteiger charge is 2.41. The van der Waals surface area contributed by atoms with Crippen LogP contribution in [0.5, 0.6) is 0 Å². The molecule has 1 saturated heterocycles. The summed E-state index contributed by atoms with van der Waals surface area (Å²) in [5.41, 5.74) is 0.995. The van der Waals surface area contributed by atoms with Gasteiger partial charge in [-0.2, -0.15) is 10.2 Å². The van der Waals surface area contributed by atoms with Gasteiger partial charge in [-0.3, -0.25) is 4.84 Å². The molecule has 108 valence electrons. The van der Waals surface area contributed by atoms with Crippen molar-refractivity contribution in [3.8, 4) is 0 Å². The standard InChI is InChI=1S/C12H14N4O2.C2H6/c1-2-6-18-16-11-7-10(15-5-3-4-13-15)8-14(9-11)12(16)17;1-2/h2-5,7,11H,1,6,8-9H2;1-2H3. The van der Waals surface area contributed by atoms with Crippen molar-refractivity contribution in [1.82, 2.24) is 19.7 Å². The maximum absolute atomic E-state index is 12.0. The lowest BCUT2D eigenvalue weighted by atomic mass is 10.2. The van der Waals surface area contributed by atoms with Gasteiger partial charge in [-0.1, -0.05) is 19.9 Å². The molecule has 2 bridgehead atoms. The summed E-state index contributed by atoms with van der Waals surface area (Å²) in [7, 11) is 0. The second-order valence-electron chi connectivity index (χ2n) is 4.25. The van der Waals surface area contributed by atoms with Crippen LogP contribution in [0, 0.1) is 0 Å². The molecule has 0 aromatic carbocycles. The highest BCUT2D eigenvalue weighted by atomic mass is 16.7. The fourth-order valence-electron chi connectivity index (χ4n) is 2.25. The van der Waals surface area contributed by atoms with Gasteiger partial charge in [-0.25, -0.2) is 9.48 Å². The number of fused-ring (bicyclic) bond motifs is 2. The Morgan fingerprint density at radius 2 is 2.35 bits per heavy atom. The van der Waals surface area contributed by atoms with E-state index in [-0.39, 0.29) is 12.1 Å². The molecular weight excluding hydrogens is 256 g/mol. The molecule has 3 rings (SSSR count). The monoisotopic (exact) mass is 276 g/mol. The fourth-order valence-corrected chi connectivity index (χ4v) is 2.25. The number of hydroxylamine groups is 2. The van der Waals surface area contributed by atoms with Crippen molar-refractivity contribution < 1.29 is 9.63 Å². The van der Waals surface area contributed by atoms with Gasteiger partial charge in [-0.15, -0.1) is 6.58 Å². The van der Waals surface area contributed by atoms with Crippen LogP contribution in [0.25, 0.3) is 5.70 Å². The minimum Gasteiger partial charge on any atom is -0.314 e. The minimum absolute atomic E-state index is 0.0506. The van der Waals surface area contributed by atoms with Crippen LogP contribution in [0.4, 0.5) is 4.79 Å². The maximum Gasteiger partial charge on any atom is 0.345 e. The Bertz CT molecular complexity index is 495. The van der Waals surface area contributed by atoms with E-state index < -0.39 is 0 Å². The second kappa shape index (κ2) is 6.38. The number of amides is 2. The Hall–Kier alpha value is -2.08. The lowest BCUT2D eigenvalue weighted by Gasteiger charge is -2.21. The van der Waals surface area contributed by atoms with E-state index in [1.54, 1.807) is 21.9 Å². The molecule has 6 nitrogen and oxygen atoms in total. The lowest BCUT2D eigenvalue weighted by molar-refractivity contribution is -0.107. The van der Waals surface area contributed by atoms with E-state index in [1.165, 1.54) is 5.06 Å². The third kappa shape index (κ3) is 2.60. The van der Waals surface area contributed by atoms with Crippen LogP contribution in [-0.4, -0.2) is 51.5 Å². The number of hydrogen-bond acceptors (Lipinski definition) is 3. The van der Waals surface area contributed by atoms with Crippen LogP contribution < -0.4 is 0 Å². The maximum atomic E-state index is 12.0. The van der Waals surface area contributed by atoms with Crippen molar-refractivity contribution in [2.45, 2.75) is 19.9 Å². The zero-order valence-corrected chi connectivity index (χ0v) is 11.9. The smallest absolute Gasteiger partial charge is 0.314 e. The van der Waals surface area contributed by atoms with Crippen molar-refractivity contribution in [2.24, 2.45) is 0 Å². The Balaban J connectivity index is 0.000000704.